The van der Waals surface area contributed by atoms with Gasteiger partial charge in [0.05, 0.1) is 4.92 Å². The molecule has 0 aromatic heterocycles. The fraction of sp³-hybridized carbons (Fsp3) is 0.222. The van der Waals surface area contributed by atoms with Crippen molar-refractivity contribution in [3.63, 3.8) is 0 Å². The summed E-state index contributed by atoms with van der Waals surface area (Å²) in [4.78, 5) is 20.1. The number of rotatable bonds is 6. The molecule has 0 unspecified atom stereocenters. The number of para-hydroxylation sites is 2. The lowest BCUT2D eigenvalue weighted by Gasteiger charge is -2.05. The van der Waals surface area contributed by atoms with E-state index in [9.17, 15) is 14.9 Å². The van der Waals surface area contributed by atoms with Gasteiger partial charge in [0.2, 0.25) is 6.41 Å². The van der Waals surface area contributed by atoms with Crippen LogP contribution in [0.3, 0.4) is 0 Å². The highest BCUT2D eigenvalue weighted by Crippen LogP contribution is 2.22. The Labute approximate surface area is 86.4 Å². The summed E-state index contributed by atoms with van der Waals surface area (Å²) in [6.45, 7) is 0.874. The second kappa shape index (κ2) is 5.58. The molecular weight excluding hydrogens is 198 g/mol. The van der Waals surface area contributed by atoms with E-state index in [1.165, 1.54) is 6.07 Å². The molecule has 1 rings (SSSR count). The van der Waals surface area contributed by atoms with Gasteiger partial charge in [-0.05, 0) is 6.07 Å². The molecule has 0 fully saturated rings. The Bertz CT molecular complexity index is 354. The minimum atomic E-state index is -0.449. The molecule has 0 radical (unpaired) electrons. The second-order valence-corrected chi connectivity index (χ2v) is 2.77. The van der Waals surface area contributed by atoms with E-state index in [-0.39, 0.29) is 5.69 Å². The van der Waals surface area contributed by atoms with Crippen LogP contribution in [0.1, 0.15) is 0 Å². The van der Waals surface area contributed by atoms with Crippen LogP contribution < -0.4 is 10.6 Å². The number of carbonyl (C=O) groups excluding carboxylic acids is 1. The Morgan fingerprint density at radius 1 is 1.33 bits per heavy atom. The molecule has 0 saturated carbocycles. The predicted molar refractivity (Wildman–Crippen MR) is 55.7 cm³/mol. The molecule has 0 saturated heterocycles. The van der Waals surface area contributed by atoms with E-state index in [1.807, 2.05) is 0 Å². The van der Waals surface area contributed by atoms with Gasteiger partial charge in [-0.2, -0.15) is 0 Å². The summed E-state index contributed by atoms with van der Waals surface area (Å²) in [6.07, 6.45) is 0.584. The highest BCUT2D eigenvalue weighted by atomic mass is 16.6. The van der Waals surface area contributed by atoms with E-state index in [0.717, 1.165) is 0 Å². The van der Waals surface area contributed by atoms with Crippen LogP contribution in [0, 0.1) is 10.1 Å². The second-order valence-electron chi connectivity index (χ2n) is 2.77. The number of nitrogens with zero attached hydrogens (tertiary/aromatic N) is 1. The quantitative estimate of drug-likeness (QED) is 0.313. The normalized spacial score (nSPS) is 9.33. The van der Waals surface area contributed by atoms with Gasteiger partial charge < -0.3 is 10.6 Å². The Morgan fingerprint density at radius 3 is 2.73 bits per heavy atom. The molecular formula is C9H11N3O3. The molecule has 6 heteroatoms. The number of nitro groups is 1. The number of nitrogens with one attached hydrogen (secondary N) is 2. The molecule has 0 aliphatic carbocycles. The lowest BCUT2D eigenvalue weighted by molar-refractivity contribution is -0.384. The third-order valence-electron chi connectivity index (χ3n) is 1.77. The van der Waals surface area contributed by atoms with E-state index < -0.39 is 4.92 Å². The minimum Gasteiger partial charge on any atom is -0.378 e. The lowest BCUT2D eigenvalue weighted by atomic mass is 10.2. The van der Waals surface area contributed by atoms with E-state index in [4.69, 9.17) is 0 Å². The molecule has 0 aliphatic rings. The molecule has 6 nitrogen and oxygen atoms in total. The van der Waals surface area contributed by atoms with Crippen LogP contribution in [0.15, 0.2) is 24.3 Å². The molecule has 0 spiro atoms. The first-order chi connectivity index (χ1) is 7.25. The summed E-state index contributed by atoms with van der Waals surface area (Å²) in [5.41, 5.74) is 0.485. The predicted octanol–water partition coefficient (Wildman–Crippen LogP) is 0.753. The van der Waals surface area contributed by atoms with Crippen molar-refractivity contribution >= 4 is 17.8 Å². The molecule has 2 N–H and O–H groups in total. The van der Waals surface area contributed by atoms with Gasteiger partial charge in [-0.1, -0.05) is 12.1 Å². The maximum atomic E-state index is 10.6. The van der Waals surface area contributed by atoms with E-state index in [1.54, 1.807) is 18.2 Å². The van der Waals surface area contributed by atoms with Gasteiger partial charge in [0.1, 0.15) is 5.69 Å². The molecule has 0 atom stereocenters. The largest absolute Gasteiger partial charge is 0.378 e. The average molecular weight is 209 g/mol. The molecule has 1 aromatic rings. The monoisotopic (exact) mass is 209 g/mol. The van der Waals surface area contributed by atoms with Gasteiger partial charge in [0, 0.05) is 19.2 Å². The minimum absolute atomic E-state index is 0.0311. The highest BCUT2D eigenvalue weighted by Gasteiger charge is 2.10. The highest BCUT2D eigenvalue weighted by molar-refractivity contribution is 5.61. The van der Waals surface area contributed by atoms with Crippen molar-refractivity contribution in [2.75, 3.05) is 18.4 Å². The van der Waals surface area contributed by atoms with Gasteiger partial charge in [-0.25, -0.2) is 0 Å². The maximum Gasteiger partial charge on any atom is 0.292 e. The van der Waals surface area contributed by atoms with E-state index in [0.29, 0.717) is 25.2 Å². The van der Waals surface area contributed by atoms with Crippen molar-refractivity contribution in [2.45, 2.75) is 0 Å². The number of anilines is 1. The topological polar surface area (TPSA) is 84.3 Å². The molecule has 0 bridgehead atoms. The zero-order valence-electron chi connectivity index (χ0n) is 7.97. The molecule has 0 aliphatic heterocycles. The first-order valence-corrected chi connectivity index (χ1v) is 4.40. The van der Waals surface area contributed by atoms with Gasteiger partial charge in [0.25, 0.3) is 5.69 Å². The summed E-state index contributed by atoms with van der Waals surface area (Å²) in [6, 6.07) is 6.37. The maximum absolute atomic E-state index is 10.6. The number of carbonyl (C=O) groups is 1. The van der Waals surface area contributed by atoms with Crippen molar-refractivity contribution < 1.29 is 9.72 Å². The zero-order valence-corrected chi connectivity index (χ0v) is 7.97. The lowest BCUT2D eigenvalue weighted by Crippen LogP contribution is -2.20. The summed E-state index contributed by atoms with van der Waals surface area (Å²) in [7, 11) is 0. The van der Waals surface area contributed by atoms with Crippen LogP contribution in [-0.4, -0.2) is 24.4 Å². The Morgan fingerprint density at radius 2 is 2.07 bits per heavy atom. The van der Waals surface area contributed by atoms with E-state index >= 15 is 0 Å². The third-order valence-corrected chi connectivity index (χ3v) is 1.77. The van der Waals surface area contributed by atoms with Gasteiger partial charge in [0.15, 0.2) is 0 Å². The van der Waals surface area contributed by atoms with Crippen LogP contribution in [0.4, 0.5) is 11.4 Å². The van der Waals surface area contributed by atoms with Gasteiger partial charge in [-0.3, -0.25) is 14.9 Å². The van der Waals surface area contributed by atoms with Crippen LogP contribution >= 0.6 is 0 Å². The summed E-state index contributed by atoms with van der Waals surface area (Å²) in [5, 5.41) is 15.9. The molecule has 1 amide bonds. The number of amides is 1. The molecule has 15 heavy (non-hydrogen) atoms. The fourth-order valence-corrected chi connectivity index (χ4v) is 1.11. The smallest absolute Gasteiger partial charge is 0.292 e. The standard InChI is InChI=1S/C9H11N3O3/c13-7-10-5-6-11-8-3-1-2-4-9(8)12(14)15/h1-4,7,11H,5-6H2,(H,10,13). The molecule has 80 valence electrons. The number of hydrogen-bond donors (Lipinski definition) is 2. The summed E-state index contributed by atoms with van der Waals surface area (Å²) < 4.78 is 0. The van der Waals surface area contributed by atoms with Crippen molar-refractivity contribution in [1.82, 2.24) is 5.32 Å². The van der Waals surface area contributed by atoms with Crippen molar-refractivity contribution in [2.24, 2.45) is 0 Å². The SMILES string of the molecule is O=CNCCNc1ccccc1[N+](=O)[O-]. The van der Waals surface area contributed by atoms with Crippen molar-refractivity contribution in [1.29, 1.82) is 0 Å². The van der Waals surface area contributed by atoms with E-state index in [2.05, 4.69) is 10.6 Å². The Balaban J connectivity index is 2.59. The van der Waals surface area contributed by atoms with Crippen LogP contribution in [0.25, 0.3) is 0 Å². The third kappa shape index (κ3) is 3.26. The van der Waals surface area contributed by atoms with Crippen LogP contribution in [-0.2, 0) is 4.79 Å². The summed E-state index contributed by atoms with van der Waals surface area (Å²) >= 11 is 0. The van der Waals surface area contributed by atoms with Gasteiger partial charge >= 0.3 is 0 Å². The van der Waals surface area contributed by atoms with Crippen molar-refractivity contribution in [3.05, 3.63) is 34.4 Å². The summed E-state index contributed by atoms with van der Waals surface area (Å²) in [5.74, 6) is 0. The number of hydrogen-bond acceptors (Lipinski definition) is 4. The van der Waals surface area contributed by atoms with Crippen molar-refractivity contribution in [3.8, 4) is 0 Å². The molecule has 0 heterocycles. The first-order valence-electron chi connectivity index (χ1n) is 4.40. The zero-order chi connectivity index (χ0) is 11.1. The Hall–Kier alpha value is -2.11. The average Bonchev–Trinajstić information content (AvgIpc) is 2.25. The Kier molecular flexibility index (Phi) is 4.08. The van der Waals surface area contributed by atoms with Gasteiger partial charge in [-0.15, -0.1) is 0 Å². The molecule has 1 aromatic carbocycles. The van der Waals surface area contributed by atoms with Crippen LogP contribution in [0.5, 0.6) is 0 Å². The van der Waals surface area contributed by atoms with Crippen LogP contribution in [0.2, 0.25) is 0 Å². The fourth-order valence-electron chi connectivity index (χ4n) is 1.11. The number of nitro benzene ring substituents is 1. The number of benzene rings is 1. The first kappa shape index (κ1) is 11.0.